The lowest BCUT2D eigenvalue weighted by Crippen LogP contribution is -2.29. The molecule has 40 heteroatoms. The standard InChI is InChI=1S/C72H74N10O26P4/c1-5-74-42-17-21-48-57(33-42)104-58-34-43(81(2)3)18-22-49(58)64(48)46-20-16-40(32-52(46)72(91)92)70(88)78-36-54-56(84)26-24-51-65(45-13-8-9-14-47(45)71(89)90)50-23-25-55(83)53(66(50)105-67(51)54)35-77-61(87)28-27-60(86)75-30-10-6-7-15-59(85)76-31-11-12-41-37-82(69-63(41)68(73)79-39-80-69)62-29-19-44(103-62)38-102-110(95,96)107-112(99,100)108-111(97,98)106-109(93,94)101-4/h8-9,13-14,16-18,20-26,32-34,37,39,44,62,84H,5-7,10,15,19,27-31,35-36,38H2,1-4H3,(H,75,86)(H,76,85)(H,77,87)(H,78,88)(H,89,90)(H,91,92)(H,93,94)(H,95,96)(H,97,98)(H,99,100)(H2,73,79,80)/b74-42+/t44-,62+/m0/s1. The van der Waals surface area contributed by atoms with Gasteiger partial charge >= 0.3 is 43.2 Å². The molecule has 588 valence electrons. The summed E-state index contributed by atoms with van der Waals surface area (Å²) in [5, 5.41) is 45.7. The summed E-state index contributed by atoms with van der Waals surface area (Å²) in [6.07, 6.45) is 2.49. The summed E-state index contributed by atoms with van der Waals surface area (Å²) >= 11 is 0. The molecule has 3 aliphatic heterocycles. The fourth-order valence-corrected chi connectivity index (χ4v) is 17.3. The number of carbonyl (C=O) groups excluding carboxylic acids is 4. The first-order chi connectivity index (χ1) is 53.2. The Morgan fingerprint density at radius 2 is 1.37 bits per heavy atom. The van der Waals surface area contributed by atoms with Crippen molar-refractivity contribution in [1.82, 2.24) is 35.8 Å². The van der Waals surface area contributed by atoms with Gasteiger partial charge in [0.15, 0.2) is 5.43 Å². The number of ether oxygens (including phenoxy) is 1. The van der Waals surface area contributed by atoms with Crippen LogP contribution >= 0.6 is 31.3 Å². The number of nitrogens with two attached hydrogens (primary N) is 1. The van der Waals surface area contributed by atoms with Crippen molar-refractivity contribution in [3.8, 4) is 62.5 Å². The van der Waals surface area contributed by atoms with Gasteiger partial charge in [0.1, 0.15) is 52.5 Å². The van der Waals surface area contributed by atoms with Gasteiger partial charge in [-0.2, -0.15) is 12.9 Å². The normalized spacial score (nSPS) is 15.9. The molecular weight excluding hydrogens is 1540 g/mol. The molecule has 4 amide bonds. The number of carboxylic acid groups (broad SMARTS) is 2. The van der Waals surface area contributed by atoms with Gasteiger partial charge in [-0.1, -0.05) is 42.5 Å². The summed E-state index contributed by atoms with van der Waals surface area (Å²) in [6, 6.07) is 26.8. The molecule has 2 aliphatic carbocycles. The number of anilines is 2. The highest BCUT2D eigenvalue weighted by atomic mass is 31.3. The van der Waals surface area contributed by atoms with E-state index in [1.807, 2.05) is 50.2 Å². The second kappa shape index (κ2) is 34.8. The minimum Gasteiger partial charge on any atom is -0.507 e. The van der Waals surface area contributed by atoms with E-state index in [2.05, 4.69) is 65.5 Å². The molecule has 11 rings (SSSR count). The van der Waals surface area contributed by atoms with Crippen LogP contribution in [-0.4, -0.2) is 139 Å². The molecule has 0 radical (unpaired) electrons. The number of aromatic hydroxyl groups is 1. The smallest absolute Gasteiger partial charge is 0.490 e. The summed E-state index contributed by atoms with van der Waals surface area (Å²) < 4.78 is 88.8. The average Bonchev–Trinajstić information content (AvgIpc) is 1.02. The lowest BCUT2D eigenvalue weighted by Gasteiger charge is -2.21. The molecule has 5 heterocycles. The minimum atomic E-state index is -5.98. The maximum atomic E-state index is 14.3. The fraction of sp³-hybridized carbons (Fsp3) is 0.278. The third-order valence-corrected chi connectivity index (χ3v) is 23.6. The van der Waals surface area contributed by atoms with Crippen molar-refractivity contribution >= 4 is 111 Å². The number of phosphoric ester groups is 2. The minimum absolute atomic E-state index is 0.00983. The van der Waals surface area contributed by atoms with E-state index >= 15 is 0 Å². The monoisotopic (exact) mass is 1620 g/mol. The van der Waals surface area contributed by atoms with Crippen LogP contribution in [-0.2, 0) is 72.4 Å². The zero-order chi connectivity index (χ0) is 80.6. The molecule has 2 aromatic heterocycles. The van der Waals surface area contributed by atoms with Crippen molar-refractivity contribution in [3.05, 3.63) is 165 Å². The van der Waals surface area contributed by atoms with E-state index in [4.69, 9.17) is 23.8 Å². The van der Waals surface area contributed by atoms with Crippen molar-refractivity contribution < 1.29 is 117 Å². The highest BCUT2D eigenvalue weighted by Gasteiger charge is 2.46. The highest BCUT2D eigenvalue weighted by Crippen LogP contribution is 2.71. The van der Waals surface area contributed by atoms with E-state index in [-0.39, 0.29) is 130 Å². The van der Waals surface area contributed by atoms with Gasteiger partial charge in [0, 0.05) is 116 Å². The van der Waals surface area contributed by atoms with Crippen LogP contribution < -0.4 is 42.7 Å². The largest absolute Gasteiger partial charge is 0.507 e. The zero-order valence-corrected chi connectivity index (χ0v) is 63.6. The Bertz CT molecular complexity index is 5720. The van der Waals surface area contributed by atoms with E-state index in [0.29, 0.717) is 82.6 Å². The highest BCUT2D eigenvalue weighted by molar-refractivity contribution is 7.69. The van der Waals surface area contributed by atoms with Crippen LogP contribution in [0.15, 0.2) is 134 Å². The summed E-state index contributed by atoms with van der Waals surface area (Å²) in [7, 11) is -18.3. The van der Waals surface area contributed by atoms with Crippen LogP contribution in [0.2, 0.25) is 0 Å². The molecule has 0 bridgehead atoms. The maximum absolute atomic E-state index is 14.3. The first kappa shape index (κ1) is 82.1. The number of phenolic OH excluding ortho intramolecular Hbond substituents is 1. The Morgan fingerprint density at radius 3 is 2.10 bits per heavy atom. The molecule has 4 aromatic carbocycles. The van der Waals surface area contributed by atoms with Crippen LogP contribution in [0.3, 0.4) is 0 Å². The van der Waals surface area contributed by atoms with Gasteiger partial charge in [-0.05, 0) is 110 Å². The Morgan fingerprint density at radius 1 is 0.696 bits per heavy atom. The third kappa shape index (κ3) is 19.5. The van der Waals surface area contributed by atoms with Gasteiger partial charge < -0.3 is 84.9 Å². The molecule has 4 unspecified atom stereocenters. The van der Waals surface area contributed by atoms with Crippen LogP contribution in [0, 0.1) is 11.8 Å². The van der Waals surface area contributed by atoms with Crippen LogP contribution in [0.25, 0.3) is 77.9 Å². The second-order valence-electron chi connectivity index (χ2n) is 25.5. The number of carboxylic acids is 2. The third-order valence-electron chi connectivity index (χ3n) is 17.7. The lowest BCUT2D eigenvalue weighted by atomic mass is 9.88. The number of hydrogen-bond donors (Lipinski definition) is 12. The molecule has 0 spiro atoms. The summed E-state index contributed by atoms with van der Waals surface area (Å²) in [6.45, 7) is 0.955. The van der Waals surface area contributed by atoms with Gasteiger partial charge in [-0.15, -0.1) is 0 Å². The summed E-state index contributed by atoms with van der Waals surface area (Å²) in [5.74, 6) is 1.07. The number of phosphoric acid groups is 4. The number of rotatable bonds is 32. The van der Waals surface area contributed by atoms with Gasteiger partial charge in [-0.25, -0.2) is 37.8 Å². The molecule has 6 atom stereocenters. The number of phenols is 1. The van der Waals surface area contributed by atoms with Crippen molar-refractivity contribution in [2.45, 2.75) is 83.7 Å². The van der Waals surface area contributed by atoms with Gasteiger partial charge in [-0.3, -0.25) is 38.0 Å². The predicted molar refractivity (Wildman–Crippen MR) is 403 cm³/mol. The quantitative estimate of drug-likeness (QED) is 0.00807. The topological polar surface area (TPSA) is 531 Å². The number of nitrogen functional groups attached to an aromatic ring is 1. The van der Waals surface area contributed by atoms with Crippen LogP contribution in [0.1, 0.15) is 112 Å². The van der Waals surface area contributed by atoms with Crippen molar-refractivity contribution in [2.75, 3.05) is 58.1 Å². The van der Waals surface area contributed by atoms with Crippen LogP contribution in [0.5, 0.6) is 5.75 Å². The Kier molecular flexibility index (Phi) is 25.6. The van der Waals surface area contributed by atoms with Crippen molar-refractivity contribution in [3.63, 3.8) is 0 Å². The molecular formula is C72H74N10O26P4. The Hall–Kier alpha value is -10.8. The molecule has 0 saturated carbocycles. The Labute approximate surface area is 635 Å². The molecule has 1 saturated heterocycles. The maximum Gasteiger partial charge on any atom is 0.490 e. The van der Waals surface area contributed by atoms with E-state index < -0.39 is 98.4 Å². The molecule has 5 aliphatic rings. The lowest BCUT2D eigenvalue weighted by molar-refractivity contribution is -0.126. The fourth-order valence-electron chi connectivity index (χ4n) is 12.6. The molecule has 13 N–H and O–H groups in total. The molecule has 36 nitrogen and oxygen atoms in total. The number of aromatic carboxylic acids is 2. The second-order valence-corrected chi connectivity index (χ2v) is 31.8. The number of fused-ring (bicyclic) bond motifs is 5. The number of carbonyl (C=O) groups is 6. The van der Waals surface area contributed by atoms with Gasteiger partial charge in [0.05, 0.1) is 70.9 Å². The summed E-state index contributed by atoms with van der Waals surface area (Å²) in [5.41, 5.74) is 9.16. The van der Waals surface area contributed by atoms with E-state index in [0.717, 1.165) is 5.69 Å². The molecule has 1 fully saturated rings. The zero-order valence-electron chi connectivity index (χ0n) is 60.0. The summed E-state index contributed by atoms with van der Waals surface area (Å²) in [4.78, 5) is 147. The molecule has 112 heavy (non-hydrogen) atoms. The van der Waals surface area contributed by atoms with Gasteiger partial charge in [0.2, 0.25) is 17.7 Å². The number of unbranched alkanes of at least 4 members (excludes halogenated alkanes) is 2. The van der Waals surface area contributed by atoms with Crippen molar-refractivity contribution in [1.29, 1.82) is 0 Å². The number of nitrogens with one attached hydrogen (secondary N) is 4. The first-order valence-electron chi connectivity index (χ1n) is 34.3. The average molecular weight is 1620 g/mol. The molecule has 6 aromatic rings. The number of amides is 4. The van der Waals surface area contributed by atoms with Crippen LogP contribution in [0.4, 0.5) is 11.5 Å². The van der Waals surface area contributed by atoms with Gasteiger partial charge in [0.25, 0.3) is 5.91 Å². The first-order valence-corrected chi connectivity index (χ1v) is 40.3. The van der Waals surface area contributed by atoms with E-state index in [1.165, 1.54) is 54.9 Å². The van der Waals surface area contributed by atoms with E-state index in [9.17, 15) is 86.7 Å². The number of benzene rings is 6. The van der Waals surface area contributed by atoms with E-state index in [1.54, 1.807) is 41.1 Å². The van der Waals surface area contributed by atoms with Crippen molar-refractivity contribution in [2.24, 2.45) is 4.99 Å². The SMILES string of the molecule is CC/N=c1\ccc2c(-c3ccc(C(=O)NCc4c(O)ccc5c(-c6ccccc6C(=O)O)c6ccc(=O)c(CNC(=O)CCC(=O)NCCCCCC(=O)NCC#Cc7cn([C@H]8CC[C@@H](COP(=O)(O)OP(=O)(O)OP(=O)(O)OP(=O)(O)OC)O8)c8ncnc(N)c78)c-6oc45)cc3C(=O)O)c3ccc(N(C)C)cc3oc-2c1. The number of hydrogen-bond acceptors (Lipinski definition) is 25. The Balaban J connectivity index is 0.682. The number of aromatic nitrogens is 3. The number of nitrogens with zero attached hydrogens (tertiary/aromatic N) is 5. The predicted octanol–water partition coefficient (Wildman–Crippen LogP) is 9.46.